The Morgan fingerprint density at radius 3 is 2.55 bits per heavy atom. The van der Waals surface area contributed by atoms with Gasteiger partial charge in [-0.3, -0.25) is 8.99 Å². The van der Waals surface area contributed by atoms with Crippen LogP contribution in [-0.4, -0.2) is 60.7 Å². The lowest BCUT2D eigenvalue weighted by Crippen LogP contribution is -2.50. The van der Waals surface area contributed by atoms with Crippen LogP contribution in [0.15, 0.2) is 18.3 Å². The first kappa shape index (κ1) is 20.1. The van der Waals surface area contributed by atoms with E-state index in [2.05, 4.69) is 10.4 Å². The molecular weight excluding hydrogens is 439 g/mol. The maximum absolute atomic E-state index is 13.5. The number of sulfonamides is 1. The van der Waals surface area contributed by atoms with Gasteiger partial charge in [0.15, 0.2) is 17.5 Å². The van der Waals surface area contributed by atoms with E-state index in [9.17, 15) is 26.4 Å². The number of carbonyl (C=O) groups is 1. The first-order valence-corrected chi connectivity index (χ1v) is 11.2. The van der Waals surface area contributed by atoms with Crippen LogP contribution in [0.2, 0.25) is 0 Å². The summed E-state index contributed by atoms with van der Waals surface area (Å²) in [5.41, 5.74) is 0.696. The second-order valence-electron chi connectivity index (χ2n) is 7.65. The van der Waals surface area contributed by atoms with Crippen molar-refractivity contribution in [2.24, 2.45) is 0 Å². The zero-order valence-corrected chi connectivity index (χ0v) is 16.9. The van der Waals surface area contributed by atoms with Crippen LogP contribution in [0, 0.1) is 17.5 Å². The average molecular weight is 457 g/mol. The third-order valence-corrected chi connectivity index (χ3v) is 7.65. The van der Waals surface area contributed by atoms with Gasteiger partial charge in [0, 0.05) is 24.4 Å². The number of anilines is 2. The molecule has 9 nitrogen and oxygen atoms in total. The molecule has 166 valence electrons. The number of urea groups is 1. The molecule has 2 saturated heterocycles. The predicted octanol–water partition coefficient (Wildman–Crippen LogP) is 1.83. The Balaban J connectivity index is 1.47. The van der Waals surface area contributed by atoms with Crippen molar-refractivity contribution in [1.29, 1.82) is 0 Å². The topological polar surface area (TPSA) is 96.8 Å². The molecule has 3 aliphatic heterocycles. The third-order valence-electron chi connectivity index (χ3n) is 5.80. The number of nitrogens with one attached hydrogen (secondary N) is 1. The SMILES string of the molecule is O=C(Nc1cc(F)c(F)c(F)c1)N1Cc2c(N3CCCS3(=O)=O)cnn2[C@@H]2COC[C@@H]21. The molecule has 1 aromatic heterocycles. The van der Waals surface area contributed by atoms with E-state index < -0.39 is 39.5 Å². The monoisotopic (exact) mass is 457 g/mol. The van der Waals surface area contributed by atoms with Gasteiger partial charge in [0.1, 0.15) is 0 Å². The number of hydrogen-bond acceptors (Lipinski definition) is 5. The highest BCUT2D eigenvalue weighted by molar-refractivity contribution is 7.93. The van der Waals surface area contributed by atoms with E-state index in [1.54, 1.807) is 4.68 Å². The second-order valence-corrected chi connectivity index (χ2v) is 9.66. The van der Waals surface area contributed by atoms with E-state index in [4.69, 9.17) is 4.74 Å². The van der Waals surface area contributed by atoms with Gasteiger partial charge in [0.25, 0.3) is 0 Å². The predicted molar refractivity (Wildman–Crippen MR) is 102 cm³/mol. The molecule has 31 heavy (non-hydrogen) atoms. The van der Waals surface area contributed by atoms with Crippen molar-refractivity contribution >= 4 is 27.4 Å². The summed E-state index contributed by atoms with van der Waals surface area (Å²) in [4.78, 5) is 14.4. The highest BCUT2D eigenvalue weighted by Gasteiger charge is 2.44. The van der Waals surface area contributed by atoms with Crippen molar-refractivity contribution in [3.8, 4) is 0 Å². The number of nitrogens with zero attached hydrogens (tertiary/aromatic N) is 4. The van der Waals surface area contributed by atoms with Crippen molar-refractivity contribution in [3.63, 3.8) is 0 Å². The average Bonchev–Trinajstić information content (AvgIpc) is 3.42. The van der Waals surface area contributed by atoms with Crippen LogP contribution in [0.5, 0.6) is 0 Å². The van der Waals surface area contributed by atoms with Gasteiger partial charge in [-0.1, -0.05) is 0 Å². The molecule has 0 radical (unpaired) electrons. The molecule has 0 aliphatic carbocycles. The molecule has 2 aromatic rings. The highest BCUT2D eigenvalue weighted by Crippen LogP contribution is 2.38. The van der Waals surface area contributed by atoms with Gasteiger partial charge >= 0.3 is 6.03 Å². The van der Waals surface area contributed by atoms with E-state index >= 15 is 0 Å². The summed E-state index contributed by atoms with van der Waals surface area (Å²) in [6.07, 6.45) is 1.97. The van der Waals surface area contributed by atoms with Crippen LogP contribution in [0.25, 0.3) is 0 Å². The minimum atomic E-state index is -3.45. The van der Waals surface area contributed by atoms with Gasteiger partial charge in [0.05, 0.1) is 55.2 Å². The Morgan fingerprint density at radius 1 is 1.16 bits per heavy atom. The Bertz CT molecular complexity index is 1150. The molecule has 2 amide bonds. The normalized spacial score (nSPS) is 24.2. The smallest absolute Gasteiger partial charge is 0.322 e. The number of fused-ring (bicyclic) bond motifs is 3. The molecule has 2 fully saturated rings. The fraction of sp³-hybridized carbons (Fsp3) is 0.444. The Hall–Kier alpha value is -2.80. The van der Waals surface area contributed by atoms with E-state index in [0.717, 1.165) is 0 Å². The van der Waals surface area contributed by atoms with Gasteiger partial charge in [-0.05, 0) is 6.42 Å². The minimum Gasteiger partial charge on any atom is -0.377 e. The summed E-state index contributed by atoms with van der Waals surface area (Å²) in [5, 5.41) is 6.74. The van der Waals surface area contributed by atoms with Crippen molar-refractivity contribution in [3.05, 3.63) is 41.5 Å². The quantitative estimate of drug-likeness (QED) is 0.695. The maximum Gasteiger partial charge on any atom is 0.322 e. The Morgan fingerprint density at radius 2 is 1.87 bits per heavy atom. The lowest BCUT2D eigenvalue weighted by Gasteiger charge is -2.37. The molecule has 0 saturated carbocycles. The van der Waals surface area contributed by atoms with Gasteiger partial charge in [-0.15, -0.1) is 0 Å². The van der Waals surface area contributed by atoms with Crippen LogP contribution in [0.3, 0.4) is 0 Å². The lowest BCUT2D eigenvalue weighted by atomic mass is 10.1. The lowest BCUT2D eigenvalue weighted by molar-refractivity contribution is 0.138. The Labute approximate surface area is 175 Å². The third kappa shape index (κ3) is 3.22. The zero-order chi connectivity index (χ0) is 21.9. The number of ether oxygens (including phenoxy) is 1. The molecule has 2 atom stereocenters. The van der Waals surface area contributed by atoms with Gasteiger partial charge in [-0.25, -0.2) is 26.4 Å². The summed E-state index contributed by atoms with van der Waals surface area (Å²) in [6.45, 7) is 0.839. The molecule has 0 bridgehead atoms. The standard InChI is InChI=1S/C18H18F3N5O4S/c19-11-4-10(5-12(20)17(11)21)23-18(27)24-7-14-13(25-2-1-3-31(25,28)29)6-22-26(14)16-9-30-8-15(16)24/h4-6,15-16H,1-3,7-9H2,(H,23,27)/t15-,16+/m0/s1. The summed E-state index contributed by atoms with van der Waals surface area (Å²) in [6, 6.07) is -0.0421. The molecule has 0 unspecified atom stereocenters. The molecule has 1 N–H and O–H groups in total. The van der Waals surface area contributed by atoms with Crippen molar-refractivity contribution < 1.29 is 31.1 Å². The maximum atomic E-state index is 13.5. The summed E-state index contributed by atoms with van der Waals surface area (Å²) in [7, 11) is -3.45. The number of aromatic nitrogens is 2. The first-order chi connectivity index (χ1) is 14.8. The van der Waals surface area contributed by atoms with Crippen LogP contribution >= 0.6 is 0 Å². The summed E-state index contributed by atoms with van der Waals surface area (Å²) < 4.78 is 73.5. The molecular formula is C18H18F3N5O4S. The number of halogens is 3. The fourth-order valence-corrected chi connectivity index (χ4v) is 5.90. The summed E-state index contributed by atoms with van der Waals surface area (Å²) in [5.74, 6) is -4.43. The number of hydrogen-bond donors (Lipinski definition) is 1. The van der Waals surface area contributed by atoms with Gasteiger partial charge in [0.2, 0.25) is 10.0 Å². The molecule has 5 rings (SSSR count). The van der Waals surface area contributed by atoms with E-state index in [1.165, 1.54) is 15.4 Å². The van der Waals surface area contributed by atoms with Crippen LogP contribution in [0.1, 0.15) is 18.2 Å². The van der Waals surface area contributed by atoms with Crippen molar-refractivity contribution in [2.45, 2.75) is 25.0 Å². The molecule has 3 aliphatic rings. The molecule has 1 aromatic carbocycles. The number of rotatable bonds is 2. The molecule has 0 spiro atoms. The van der Waals surface area contributed by atoms with Crippen LogP contribution in [-0.2, 0) is 21.3 Å². The van der Waals surface area contributed by atoms with Crippen molar-refractivity contribution in [2.75, 3.05) is 35.1 Å². The van der Waals surface area contributed by atoms with E-state index in [-0.39, 0.29) is 37.2 Å². The highest BCUT2D eigenvalue weighted by atomic mass is 32.2. The summed E-state index contributed by atoms with van der Waals surface area (Å²) >= 11 is 0. The zero-order valence-electron chi connectivity index (χ0n) is 16.1. The Kier molecular flexibility index (Phi) is 4.62. The first-order valence-electron chi connectivity index (χ1n) is 9.63. The number of amides is 2. The van der Waals surface area contributed by atoms with E-state index in [1.807, 2.05) is 0 Å². The molecule has 4 heterocycles. The van der Waals surface area contributed by atoms with E-state index in [0.29, 0.717) is 36.5 Å². The second kappa shape index (κ2) is 7.12. The molecule has 13 heteroatoms. The number of benzene rings is 1. The van der Waals surface area contributed by atoms with Gasteiger partial charge in [-0.2, -0.15) is 5.10 Å². The van der Waals surface area contributed by atoms with Gasteiger partial charge < -0.3 is 15.0 Å². The fourth-order valence-electron chi connectivity index (χ4n) is 4.32. The van der Waals surface area contributed by atoms with Crippen LogP contribution in [0.4, 0.5) is 29.3 Å². The minimum absolute atomic E-state index is 0.0177. The van der Waals surface area contributed by atoms with Crippen molar-refractivity contribution in [1.82, 2.24) is 14.7 Å². The number of carbonyl (C=O) groups excluding carboxylic acids is 1. The van der Waals surface area contributed by atoms with Crippen LogP contribution < -0.4 is 9.62 Å². The largest absolute Gasteiger partial charge is 0.377 e.